The summed E-state index contributed by atoms with van der Waals surface area (Å²) >= 11 is 0. The first-order valence-electron chi connectivity index (χ1n) is 9.91. The Morgan fingerprint density at radius 1 is 1.06 bits per heavy atom. The van der Waals surface area contributed by atoms with Crippen LogP contribution in [0.4, 0.5) is 11.6 Å². The summed E-state index contributed by atoms with van der Waals surface area (Å²) in [5.41, 5.74) is 3.47. The maximum absolute atomic E-state index is 13.5. The molecule has 0 fully saturated rings. The summed E-state index contributed by atoms with van der Waals surface area (Å²) in [4.78, 5) is 13.5. The monoisotopic (exact) mass is 436 g/mol. The highest BCUT2D eigenvalue weighted by Crippen LogP contribution is 2.43. The fourth-order valence-electron chi connectivity index (χ4n) is 3.78. The Kier molecular flexibility index (Phi) is 5.67. The van der Waals surface area contributed by atoms with E-state index < -0.39 is 6.04 Å². The Morgan fingerprint density at radius 2 is 1.75 bits per heavy atom. The van der Waals surface area contributed by atoms with E-state index >= 15 is 0 Å². The lowest BCUT2D eigenvalue weighted by atomic mass is 9.94. The molecule has 10 heteroatoms. The van der Waals surface area contributed by atoms with Crippen LogP contribution in [0.2, 0.25) is 0 Å². The minimum absolute atomic E-state index is 0.274. The number of ether oxygens (including phenoxy) is 3. The fraction of sp³-hybridized carbons (Fsp3) is 0.273. The van der Waals surface area contributed by atoms with Crippen LogP contribution in [0, 0.1) is 6.92 Å². The van der Waals surface area contributed by atoms with Crippen molar-refractivity contribution in [3.05, 3.63) is 58.8 Å². The topological polar surface area (TPSA) is 112 Å². The maximum atomic E-state index is 13.5. The second-order valence-electron chi connectivity index (χ2n) is 7.24. The second kappa shape index (κ2) is 8.58. The highest BCUT2D eigenvalue weighted by molar-refractivity contribution is 6.06. The number of carbonyl (C=O) groups is 1. The van der Waals surface area contributed by atoms with Crippen LogP contribution in [0.25, 0.3) is 0 Å². The SMILES string of the molecule is COc1cc([C@H]2C(C(=O)Nc3ccccc3C)=C(C)Nc3nnnn32)cc(OC)c1OC. The van der Waals surface area contributed by atoms with Gasteiger partial charge in [-0.25, -0.2) is 0 Å². The van der Waals surface area contributed by atoms with E-state index in [0.29, 0.717) is 40.0 Å². The van der Waals surface area contributed by atoms with E-state index in [-0.39, 0.29) is 5.91 Å². The number of fused-ring (bicyclic) bond motifs is 1. The molecule has 1 aliphatic rings. The highest BCUT2D eigenvalue weighted by Gasteiger charge is 2.35. The van der Waals surface area contributed by atoms with Crippen LogP contribution in [0.3, 0.4) is 0 Å². The predicted octanol–water partition coefficient (Wildman–Crippen LogP) is 2.93. The number of rotatable bonds is 6. The van der Waals surface area contributed by atoms with Crippen molar-refractivity contribution in [1.82, 2.24) is 20.2 Å². The number of methoxy groups -OCH3 is 3. The molecule has 0 saturated carbocycles. The molecule has 2 N–H and O–H groups in total. The number of nitrogens with zero attached hydrogens (tertiary/aromatic N) is 4. The molecule has 2 heterocycles. The number of hydrogen-bond donors (Lipinski definition) is 2. The molecule has 1 amide bonds. The molecule has 0 saturated heterocycles. The molecule has 166 valence electrons. The van der Waals surface area contributed by atoms with Gasteiger partial charge in [-0.05, 0) is 53.6 Å². The largest absolute Gasteiger partial charge is 0.493 e. The van der Waals surface area contributed by atoms with Crippen molar-refractivity contribution in [3.63, 3.8) is 0 Å². The van der Waals surface area contributed by atoms with E-state index in [4.69, 9.17) is 14.2 Å². The first-order chi connectivity index (χ1) is 15.5. The van der Waals surface area contributed by atoms with E-state index in [2.05, 4.69) is 26.2 Å². The molecule has 1 aliphatic heterocycles. The second-order valence-corrected chi connectivity index (χ2v) is 7.24. The molecule has 0 radical (unpaired) electrons. The zero-order valence-electron chi connectivity index (χ0n) is 18.5. The van der Waals surface area contributed by atoms with Crippen molar-refractivity contribution in [2.45, 2.75) is 19.9 Å². The molecule has 10 nitrogen and oxygen atoms in total. The minimum atomic E-state index is -0.626. The molecule has 1 atom stereocenters. The van der Waals surface area contributed by atoms with Crippen LogP contribution in [0.5, 0.6) is 17.2 Å². The van der Waals surface area contributed by atoms with E-state index in [9.17, 15) is 4.79 Å². The molecular weight excluding hydrogens is 412 g/mol. The van der Waals surface area contributed by atoms with Gasteiger partial charge < -0.3 is 24.8 Å². The van der Waals surface area contributed by atoms with Gasteiger partial charge in [0.2, 0.25) is 11.7 Å². The predicted molar refractivity (Wildman–Crippen MR) is 118 cm³/mol. The quantitative estimate of drug-likeness (QED) is 0.607. The zero-order valence-corrected chi connectivity index (χ0v) is 18.5. The van der Waals surface area contributed by atoms with Crippen molar-refractivity contribution >= 4 is 17.5 Å². The molecule has 4 rings (SSSR count). The van der Waals surface area contributed by atoms with Gasteiger partial charge in [-0.15, -0.1) is 0 Å². The van der Waals surface area contributed by atoms with E-state index in [0.717, 1.165) is 11.3 Å². The summed E-state index contributed by atoms with van der Waals surface area (Å²) in [6.45, 7) is 3.75. The molecule has 0 spiro atoms. The van der Waals surface area contributed by atoms with Gasteiger partial charge in [0, 0.05) is 11.4 Å². The molecule has 1 aromatic heterocycles. The average molecular weight is 436 g/mol. The van der Waals surface area contributed by atoms with Gasteiger partial charge >= 0.3 is 0 Å². The molecule has 0 aliphatic carbocycles. The molecule has 2 aromatic carbocycles. The van der Waals surface area contributed by atoms with Crippen LogP contribution >= 0.6 is 0 Å². The smallest absolute Gasteiger partial charge is 0.255 e. The Bertz CT molecular complexity index is 1180. The number of allylic oxidation sites excluding steroid dienone is 1. The van der Waals surface area contributed by atoms with Crippen LogP contribution in [-0.4, -0.2) is 47.4 Å². The summed E-state index contributed by atoms with van der Waals surface area (Å²) in [6.07, 6.45) is 0. The number of aromatic nitrogens is 4. The summed E-state index contributed by atoms with van der Waals surface area (Å²) in [6, 6.07) is 10.5. The highest BCUT2D eigenvalue weighted by atomic mass is 16.5. The lowest BCUT2D eigenvalue weighted by Crippen LogP contribution is -2.31. The molecule has 32 heavy (non-hydrogen) atoms. The molecule has 0 unspecified atom stereocenters. The number of tetrazole rings is 1. The summed E-state index contributed by atoms with van der Waals surface area (Å²) in [7, 11) is 4.62. The van der Waals surface area contributed by atoms with Gasteiger partial charge in [0.1, 0.15) is 6.04 Å². The maximum Gasteiger partial charge on any atom is 0.255 e. The number of benzene rings is 2. The van der Waals surface area contributed by atoms with Crippen molar-refractivity contribution in [3.8, 4) is 17.2 Å². The van der Waals surface area contributed by atoms with Crippen molar-refractivity contribution in [2.75, 3.05) is 32.0 Å². The van der Waals surface area contributed by atoms with Crippen LogP contribution < -0.4 is 24.8 Å². The first kappa shape index (κ1) is 21.2. The number of carbonyl (C=O) groups excluding carboxylic acids is 1. The van der Waals surface area contributed by atoms with Crippen molar-refractivity contribution in [1.29, 1.82) is 0 Å². The number of anilines is 2. The average Bonchev–Trinajstić information content (AvgIpc) is 3.26. The Balaban J connectivity index is 1.85. The number of hydrogen-bond acceptors (Lipinski definition) is 8. The molecule has 0 bridgehead atoms. The van der Waals surface area contributed by atoms with Crippen molar-refractivity contribution in [2.24, 2.45) is 0 Å². The number of aryl methyl sites for hydroxylation is 1. The lowest BCUT2D eigenvalue weighted by Gasteiger charge is -2.29. The molecular formula is C22H24N6O4. The van der Waals surface area contributed by atoms with Gasteiger partial charge in [0.05, 0.1) is 26.9 Å². The fourth-order valence-corrected chi connectivity index (χ4v) is 3.78. The van der Waals surface area contributed by atoms with Crippen LogP contribution in [-0.2, 0) is 4.79 Å². The Morgan fingerprint density at radius 3 is 2.38 bits per heavy atom. The Hall–Kier alpha value is -4.08. The number of para-hydroxylation sites is 1. The van der Waals surface area contributed by atoms with Crippen LogP contribution in [0.1, 0.15) is 24.1 Å². The van der Waals surface area contributed by atoms with E-state index in [1.165, 1.54) is 7.11 Å². The number of nitrogens with one attached hydrogen (secondary N) is 2. The van der Waals surface area contributed by atoms with E-state index in [1.807, 2.05) is 38.1 Å². The summed E-state index contributed by atoms with van der Waals surface area (Å²) in [5.74, 6) is 1.53. The summed E-state index contributed by atoms with van der Waals surface area (Å²) < 4.78 is 18.0. The standard InChI is InChI=1S/C22H24N6O4/c1-12-8-6-7-9-15(12)24-21(29)18-13(2)23-22-25-26-27-28(22)19(18)14-10-16(30-3)20(32-5)17(11-14)31-4/h6-11,19H,1-5H3,(H,24,29)(H,23,25,27)/t19-/m0/s1. The van der Waals surface area contributed by atoms with Gasteiger partial charge in [0.25, 0.3) is 5.91 Å². The minimum Gasteiger partial charge on any atom is -0.493 e. The van der Waals surface area contributed by atoms with E-state index in [1.54, 1.807) is 31.0 Å². The van der Waals surface area contributed by atoms with Gasteiger partial charge in [-0.1, -0.05) is 23.3 Å². The van der Waals surface area contributed by atoms with Crippen molar-refractivity contribution < 1.29 is 19.0 Å². The third-order valence-corrected chi connectivity index (χ3v) is 5.35. The van der Waals surface area contributed by atoms with Gasteiger partial charge in [0.15, 0.2) is 11.5 Å². The van der Waals surface area contributed by atoms with Gasteiger partial charge in [-0.3, -0.25) is 4.79 Å². The first-order valence-corrected chi connectivity index (χ1v) is 9.91. The van der Waals surface area contributed by atoms with Gasteiger partial charge in [-0.2, -0.15) is 4.68 Å². The zero-order chi connectivity index (χ0) is 22.8. The molecule has 3 aromatic rings. The van der Waals surface area contributed by atoms with Crippen LogP contribution in [0.15, 0.2) is 47.7 Å². The number of amides is 1. The lowest BCUT2D eigenvalue weighted by molar-refractivity contribution is -0.113. The normalized spacial score (nSPS) is 15.0. The Labute approximate surface area is 185 Å². The third kappa shape index (κ3) is 3.59. The third-order valence-electron chi connectivity index (χ3n) is 5.35. The summed E-state index contributed by atoms with van der Waals surface area (Å²) in [5, 5.41) is 18.1.